The van der Waals surface area contributed by atoms with E-state index in [0.717, 1.165) is 142 Å². The molecule has 0 unspecified atom stereocenters. The maximum atomic E-state index is 15.9. The van der Waals surface area contributed by atoms with Crippen LogP contribution in [0, 0.1) is 0 Å². The first kappa shape index (κ1) is 61.1. The second-order valence-electron chi connectivity index (χ2n) is 22.5. The summed E-state index contributed by atoms with van der Waals surface area (Å²) in [4.78, 5) is 63.4. The molecule has 4 bridgehead atoms. The fourth-order valence-electron chi connectivity index (χ4n) is 12.6. The van der Waals surface area contributed by atoms with Gasteiger partial charge in [-0.3, -0.25) is 0 Å². The third-order valence-corrected chi connectivity index (χ3v) is 48.2. The average molecular weight is 1180 g/mol. The number of aromatic nitrogens is 2. The molecule has 4 aromatic heterocycles. The molecule has 0 atom stereocenters. The Morgan fingerprint density at radius 2 is 0.514 bits per heavy atom. The number of hydrogen-bond donors (Lipinski definition) is 0. The molecule has 396 valence electrons. The standard InChI is InChI=1S/C38H52N2O4.6C4H9.2Sn/c1-3-5-7-9-11-13-15-17-19-21-27-39-35(41)29-23-24-30(36(39)42)34-32-26-25-31(33(29)34)37(43)40(38(32)44)28-22-20-18-16-14-12-10-8-6-4-2;6*1-3-4-2;;/h23,26H,3-22,27-28H2,1-2H3;6*1,3-4H2,2H3;;. The predicted octanol–water partition coefficient (Wildman–Crippen LogP) is 17.0. The van der Waals surface area contributed by atoms with E-state index in [0.29, 0.717) is 45.4 Å². The van der Waals surface area contributed by atoms with Crippen molar-refractivity contribution in [2.45, 2.75) is 301 Å². The Bertz CT molecular complexity index is 2110. The van der Waals surface area contributed by atoms with Crippen LogP contribution in [-0.2, 0) is 13.1 Å². The molecule has 6 rings (SSSR count). The molecule has 70 heavy (non-hydrogen) atoms. The zero-order valence-electron chi connectivity index (χ0n) is 47.0. The second-order valence-corrected chi connectivity index (χ2v) is 48.8. The van der Waals surface area contributed by atoms with Gasteiger partial charge in [0.2, 0.25) is 0 Å². The molecule has 0 aliphatic carbocycles. The first-order chi connectivity index (χ1) is 34.1. The van der Waals surface area contributed by atoms with Crippen molar-refractivity contribution in [1.82, 2.24) is 9.13 Å². The van der Waals surface area contributed by atoms with E-state index in [4.69, 9.17) is 0 Å². The molecule has 0 spiro atoms. The van der Waals surface area contributed by atoms with Gasteiger partial charge in [0.05, 0.1) is 0 Å². The molecule has 6 nitrogen and oxygen atoms in total. The van der Waals surface area contributed by atoms with E-state index in [1.54, 1.807) is 9.13 Å². The van der Waals surface area contributed by atoms with Gasteiger partial charge in [-0.05, 0) is 0 Å². The minimum atomic E-state index is -3.49. The van der Waals surface area contributed by atoms with Crippen LogP contribution in [0.4, 0.5) is 0 Å². The second kappa shape index (κ2) is 33.5. The van der Waals surface area contributed by atoms with Crippen molar-refractivity contribution in [2.75, 3.05) is 0 Å². The molecular formula is C62H106N2O4Sn2. The summed E-state index contributed by atoms with van der Waals surface area (Å²) in [5.74, 6) is 0. The summed E-state index contributed by atoms with van der Waals surface area (Å²) in [5, 5.41) is 3.92. The van der Waals surface area contributed by atoms with Crippen molar-refractivity contribution < 1.29 is 0 Å². The summed E-state index contributed by atoms with van der Waals surface area (Å²) < 4.78 is 12.6. The molecule has 0 saturated heterocycles. The molecule has 0 aliphatic rings. The van der Waals surface area contributed by atoms with Crippen molar-refractivity contribution in [3.05, 3.63) is 53.5 Å². The SMILES string of the molecule is CCCCCCCCCCCCn1c(=O)c2c[c]([Sn]([CH2]CCC)([CH2]CCC)[CH2]CCC)c(c1=O)c1c3c[c]([Sn]([CH2]CCC)([CH2]CCC)[CH2]CCC)c(c(=O)n(CCCCCCCCCCCC)c3=O)c21. The number of fused-ring (bicyclic) bond motifs is 6. The van der Waals surface area contributed by atoms with Crippen molar-refractivity contribution >= 4 is 76.2 Å². The Kier molecular flexibility index (Phi) is 29.2. The van der Waals surface area contributed by atoms with E-state index in [1.807, 2.05) is 0 Å². The Morgan fingerprint density at radius 1 is 0.286 bits per heavy atom. The molecular weight excluding hydrogens is 1070 g/mol. The van der Waals surface area contributed by atoms with E-state index in [9.17, 15) is 0 Å². The maximum absolute atomic E-state index is 15.9. The van der Waals surface area contributed by atoms with Crippen molar-refractivity contribution in [3.8, 4) is 0 Å². The van der Waals surface area contributed by atoms with Crippen LogP contribution in [0.1, 0.15) is 261 Å². The van der Waals surface area contributed by atoms with Crippen molar-refractivity contribution in [2.24, 2.45) is 0 Å². The number of benzene rings is 2. The van der Waals surface area contributed by atoms with Gasteiger partial charge in [-0.15, -0.1) is 0 Å². The van der Waals surface area contributed by atoms with Gasteiger partial charge in [0.1, 0.15) is 0 Å². The van der Waals surface area contributed by atoms with Crippen molar-refractivity contribution in [3.63, 3.8) is 0 Å². The third-order valence-electron chi connectivity index (χ3n) is 16.9. The number of rotatable bonds is 42. The quantitative estimate of drug-likeness (QED) is 0.0327. The van der Waals surface area contributed by atoms with Gasteiger partial charge in [-0.2, -0.15) is 0 Å². The summed E-state index contributed by atoms with van der Waals surface area (Å²) in [6.45, 7) is 19.1. The summed E-state index contributed by atoms with van der Waals surface area (Å²) in [7, 11) is 0. The van der Waals surface area contributed by atoms with Crippen molar-refractivity contribution in [1.29, 1.82) is 0 Å². The average Bonchev–Trinajstić information content (AvgIpc) is 3.63. The van der Waals surface area contributed by atoms with Gasteiger partial charge >= 0.3 is 387 Å². The number of unbranched alkanes of at least 4 members (excludes halogenated alkanes) is 24. The Labute approximate surface area is 436 Å². The zero-order valence-corrected chi connectivity index (χ0v) is 52.7. The fraction of sp³-hybridized carbons (Fsp3) is 0.774. The summed E-state index contributed by atoms with van der Waals surface area (Å²) in [5.41, 5.74) is -0.767. The van der Waals surface area contributed by atoms with Gasteiger partial charge < -0.3 is 0 Å². The van der Waals surface area contributed by atoms with Gasteiger partial charge in [0.15, 0.2) is 0 Å². The first-order valence-electron chi connectivity index (χ1n) is 30.5. The molecule has 0 saturated carbocycles. The van der Waals surface area contributed by atoms with Crippen LogP contribution < -0.4 is 29.4 Å². The van der Waals surface area contributed by atoms with E-state index >= 15 is 19.2 Å². The Morgan fingerprint density at radius 3 is 0.757 bits per heavy atom. The monoisotopic (exact) mass is 1180 g/mol. The molecule has 0 fully saturated rings. The topological polar surface area (TPSA) is 78.1 Å². The van der Waals surface area contributed by atoms with Crippen LogP contribution in [0.2, 0.25) is 26.6 Å². The van der Waals surface area contributed by atoms with E-state index in [2.05, 4.69) is 67.5 Å². The molecule has 4 heterocycles. The minimum absolute atomic E-state index is 0.174. The normalized spacial score (nSPS) is 12.5. The molecule has 0 radical (unpaired) electrons. The third kappa shape index (κ3) is 16.3. The molecule has 0 amide bonds. The van der Waals surface area contributed by atoms with E-state index < -0.39 is 36.8 Å². The van der Waals surface area contributed by atoms with Crippen LogP contribution >= 0.6 is 0 Å². The van der Waals surface area contributed by atoms with Crippen LogP contribution in [0.3, 0.4) is 0 Å². The van der Waals surface area contributed by atoms with Crippen LogP contribution in [0.5, 0.6) is 0 Å². The zero-order chi connectivity index (χ0) is 50.8. The summed E-state index contributed by atoms with van der Waals surface area (Å²) in [6, 6.07) is 4.50. The molecule has 0 N–H and O–H groups in total. The number of hydrogen-bond acceptors (Lipinski definition) is 4. The molecule has 8 heteroatoms. The summed E-state index contributed by atoms with van der Waals surface area (Å²) in [6.07, 6.45) is 37.1. The predicted molar refractivity (Wildman–Crippen MR) is 315 cm³/mol. The molecule has 0 aliphatic heterocycles. The number of nitrogens with zero attached hydrogens (tertiary/aromatic N) is 2. The van der Waals surface area contributed by atoms with Crippen LogP contribution in [0.15, 0.2) is 31.3 Å². The molecule has 6 aromatic rings. The van der Waals surface area contributed by atoms with E-state index in [1.165, 1.54) is 97.1 Å². The van der Waals surface area contributed by atoms with Crippen LogP contribution in [0.25, 0.3) is 32.3 Å². The first-order valence-corrected chi connectivity index (χ1v) is 45.5. The van der Waals surface area contributed by atoms with Gasteiger partial charge in [-0.1, -0.05) is 52.4 Å². The van der Waals surface area contributed by atoms with Gasteiger partial charge in [0, 0.05) is 0 Å². The van der Waals surface area contributed by atoms with Gasteiger partial charge in [0.25, 0.3) is 0 Å². The molecule has 2 aromatic carbocycles. The Balaban J connectivity index is 2.10. The Hall–Kier alpha value is -1.42. The fourth-order valence-corrected chi connectivity index (χ4v) is 46.0. The van der Waals surface area contributed by atoms with Crippen LogP contribution in [-0.4, -0.2) is 45.9 Å². The summed E-state index contributed by atoms with van der Waals surface area (Å²) >= 11 is -6.98. The van der Waals surface area contributed by atoms with Gasteiger partial charge in [-0.25, -0.2) is 0 Å². The van der Waals surface area contributed by atoms with E-state index in [-0.39, 0.29) is 22.2 Å².